The number of hydrogen-bond acceptors (Lipinski definition) is 6. The van der Waals surface area contributed by atoms with Crippen LogP contribution < -0.4 is 4.31 Å². The second kappa shape index (κ2) is 8.14. The zero-order valence-electron chi connectivity index (χ0n) is 18.2. The average Bonchev–Trinajstić information content (AvgIpc) is 3.39. The predicted molar refractivity (Wildman–Crippen MR) is 125 cm³/mol. The van der Waals surface area contributed by atoms with Gasteiger partial charge in [-0.2, -0.15) is 0 Å². The lowest BCUT2D eigenvalue weighted by molar-refractivity contribution is 0.0714. The fourth-order valence-corrected chi connectivity index (χ4v) is 5.72. The van der Waals surface area contributed by atoms with Crippen molar-refractivity contribution in [3.05, 3.63) is 64.5 Å². The largest absolute Gasteiger partial charge is 0.419 e. The summed E-state index contributed by atoms with van der Waals surface area (Å²) in [7, 11) is -3.38. The highest BCUT2D eigenvalue weighted by molar-refractivity contribution is 7.92. The number of halogens is 1. The first-order chi connectivity index (χ1) is 15.7. The topological polar surface area (TPSA) is 96.6 Å². The summed E-state index contributed by atoms with van der Waals surface area (Å²) in [5, 5.41) is 8.85. The van der Waals surface area contributed by atoms with Crippen LogP contribution in [0, 0.1) is 0 Å². The van der Waals surface area contributed by atoms with E-state index in [4.69, 9.17) is 16.0 Å². The molecule has 0 N–H and O–H groups in total. The fraction of sp³-hybridized carbons (Fsp3) is 0.348. The lowest BCUT2D eigenvalue weighted by Gasteiger charge is -2.23. The van der Waals surface area contributed by atoms with Gasteiger partial charge in [-0.1, -0.05) is 11.6 Å². The molecule has 0 bridgehead atoms. The number of nitrogens with zero attached hydrogens (tertiary/aromatic N) is 4. The summed E-state index contributed by atoms with van der Waals surface area (Å²) in [5.74, 6) is 0.604. The van der Waals surface area contributed by atoms with Crippen LogP contribution in [0.5, 0.6) is 0 Å². The molecule has 2 heterocycles. The van der Waals surface area contributed by atoms with Crippen molar-refractivity contribution < 1.29 is 17.6 Å². The van der Waals surface area contributed by atoms with Crippen molar-refractivity contribution in [1.29, 1.82) is 0 Å². The number of carbonyl (C=O) groups excluding carboxylic acids is 1. The molecule has 2 aromatic carbocycles. The zero-order valence-corrected chi connectivity index (χ0v) is 19.8. The number of rotatable bonds is 6. The molecule has 1 unspecified atom stereocenters. The Morgan fingerprint density at radius 1 is 1.18 bits per heavy atom. The number of amides is 1. The number of fused-ring (bicyclic) bond motifs is 1. The minimum absolute atomic E-state index is 0.128. The maximum absolute atomic E-state index is 13.4. The molecule has 1 aliphatic carbocycles. The van der Waals surface area contributed by atoms with Crippen LogP contribution in [-0.4, -0.2) is 47.8 Å². The Morgan fingerprint density at radius 2 is 1.91 bits per heavy atom. The van der Waals surface area contributed by atoms with Crippen molar-refractivity contribution in [2.75, 3.05) is 10.6 Å². The number of carbonyl (C=O) groups is 1. The quantitative estimate of drug-likeness (QED) is 0.524. The maximum atomic E-state index is 13.4. The van der Waals surface area contributed by atoms with E-state index in [1.807, 2.05) is 13.0 Å². The minimum Gasteiger partial charge on any atom is -0.419 e. The number of anilines is 1. The smallest absolute Gasteiger partial charge is 0.254 e. The second-order valence-corrected chi connectivity index (χ2v) is 10.9. The van der Waals surface area contributed by atoms with E-state index in [1.54, 1.807) is 41.3 Å². The molecule has 2 aliphatic rings. The first-order valence-corrected chi connectivity index (χ1v) is 12.9. The Balaban J connectivity index is 1.38. The molecule has 5 rings (SSSR count). The van der Waals surface area contributed by atoms with Gasteiger partial charge in [-0.05, 0) is 74.2 Å². The molecule has 1 saturated carbocycles. The second-order valence-electron chi connectivity index (χ2n) is 8.63. The van der Waals surface area contributed by atoms with Gasteiger partial charge in [0, 0.05) is 28.2 Å². The van der Waals surface area contributed by atoms with Crippen LogP contribution in [-0.2, 0) is 23.0 Å². The summed E-state index contributed by atoms with van der Waals surface area (Å²) < 4.78 is 31.6. The zero-order chi connectivity index (χ0) is 23.3. The highest BCUT2D eigenvalue weighted by Crippen LogP contribution is 2.36. The van der Waals surface area contributed by atoms with Crippen molar-refractivity contribution in [1.82, 2.24) is 15.1 Å². The Kier molecular flexibility index (Phi) is 5.41. The van der Waals surface area contributed by atoms with Crippen LogP contribution in [0.1, 0.15) is 41.6 Å². The van der Waals surface area contributed by atoms with E-state index >= 15 is 0 Å². The van der Waals surface area contributed by atoms with Gasteiger partial charge in [0.05, 0.1) is 18.5 Å². The maximum Gasteiger partial charge on any atom is 0.254 e. The van der Waals surface area contributed by atoms with Crippen molar-refractivity contribution >= 4 is 33.2 Å². The van der Waals surface area contributed by atoms with Crippen LogP contribution >= 0.6 is 11.6 Å². The van der Waals surface area contributed by atoms with Crippen LogP contribution in [0.3, 0.4) is 0 Å². The highest BCUT2D eigenvalue weighted by atomic mass is 35.5. The van der Waals surface area contributed by atoms with Gasteiger partial charge < -0.3 is 9.32 Å². The third kappa shape index (κ3) is 4.35. The normalized spacial score (nSPS) is 17.8. The van der Waals surface area contributed by atoms with Gasteiger partial charge in [0.15, 0.2) is 0 Å². The van der Waals surface area contributed by atoms with Gasteiger partial charge in [0.1, 0.15) is 0 Å². The molecule has 0 radical (unpaired) electrons. The monoisotopic (exact) mass is 486 g/mol. The lowest BCUT2D eigenvalue weighted by Crippen LogP contribution is -2.34. The van der Waals surface area contributed by atoms with E-state index in [-0.39, 0.29) is 24.5 Å². The van der Waals surface area contributed by atoms with Gasteiger partial charge in [0.25, 0.3) is 5.91 Å². The van der Waals surface area contributed by atoms with E-state index in [0.717, 1.165) is 24.0 Å². The third-order valence-corrected chi connectivity index (χ3v) is 7.47. The standard InChI is InChI=1S/C23H23ClN4O4S/c1-14-11-17-12-16(5-10-20(17)28(14)33(2,30)31)23(29)27(19-8-9-19)13-21-25-26-22(32-21)15-3-6-18(24)7-4-15/h3-7,10,12,14,19H,8-9,11,13H2,1-2H3. The van der Waals surface area contributed by atoms with Gasteiger partial charge in [-0.15, -0.1) is 10.2 Å². The molecule has 3 aromatic rings. The lowest BCUT2D eigenvalue weighted by atomic mass is 10.1. The molecule has 172 valence electrons. The first-order valence-electron chi connectivity index (χ1n) is 10.7. The van der Waals surface area contributed by atoms with E-state index in [9.17, 15) is 13.2 Å². The molecule has 1 fully saturated rings. The molecule has 1 amide bonds. The number of hydrogen-bond donors (Lipinski definition) is 0. The van der Waals surface area contributed by atoms with Crippen molar-refractivity contribution in [2.24, 2.45) is 0 Å². The molecule has 1 atom stereocenters. The third-order valence-electron chi connectivity index (χ3n) is 5.95. The van der Waals surface area contributed by atoms with E-state index in [1.165, 1.54) is 10.6 Å². The molecule has 33 heavy (non-hydrogen) atoms. The van der Waals surface area contributed by atoms with Crippen LogP contribution in [0.4, 0.5) is 5.69 Å². The molecular formula is C23H23ClN4O4S. The number of aromatic nitrogens is 2. The summed E-state index contributed by atoms with van der Waals surface area (Å²) in [6.45, 7) is 2.08. The molecule has 1 aromatic heterocycles. The van der Waals surface area contributed by atoms with Crippen molar-refractivity contribution in [3.8, 4) is 11.5 Å². The molecular weight excluding hydrogens is 464 g/mol. The van der Waals surface area contributed by atoms with Gasteiger partial charge in [-0.25, -0.2) is 8.42 Å². The van der Waals surface area contributed by atoms with Crippen molar-refractivity contribution in [3.63, 3.8) is 0 Å². The van der Waals surface area contributed by atoms with Gasteiger partial charge >= 0.3 is 0 Å². The van der Waals surface area contributed by atoms with Crippen LogP contribution in [0.25, 0.3) is 11.5 Å². The average molecular weight is 487 g/mol. The Labute approximate surface area is 197 Å². The summed E-state index contributed by atoms with van der Waals surface area (Å²) in [5.41, 5.74) is 2.78. The summed E-state index contributed by atoms with van der Waals surface area (Å²) >= 11 is 5.94. The molecule has 0 saturated heterocycles. The summed E-state index contributed by atoms with van der Waals surface area (Å²) in [4.78, 5) is 15.2. The van der Waals surface area contributed by atoms with Gasteiger partial charge in [0.2, 0.25) is 21.8 Å². The predicted octanol–water partition coefficient (Wildman–Crippen LogP) is 3.91. The van der Waals surface area contributed by atoms with E-state index < -0.39 is 10.0 Å². The number of sulfonamides is 1. The highest BCUT2D eigenvalue weighted by Gasteiger charge is 2.36. The van der Waals surface area contributed by atoms with Gasteiger partial charge in [-0.3, -0.25) is 9.10 Å². The first kappa shape index (κ1) is 21.9. The van der Waals surface area contributed by atoms with Crippen LogP contribution in [0.2, 0.25) is 5.02 Å². The van der Waals surface area contributed by atoms with Crippen molar-refractivity contribution in [2.45, 2.75) is 44.8 Å². The summed E-state index contributed by atoms with van der Waals surface area (Å²) in [6, 6.07) is 12.3. The summed E-state index contributed by atoms with van der Waals surface area (Å²) in [6.07, 6.45) is 3.62. The van der Waals surface area contributed by atoms with E-state index in [0.29, 0.717) is 34.5 Å². The van der Waals surface area contributed by atoms with E-state index in [2.05, 4.69) is 10.2 Å². The van der Waals surface area contributed by atoms with Crippen LogP contribution in [0.15, 0.2) is 46.9 Å². The Bertz CT molecular complexity index is 1320. The molecule has 10 heteroatoms. The Morgan fingerprint density at radius 3 is 2.58 bits per heavy atom. The minimum atomic E-state index is -3.38. The molecule has 8 nitrogen and oxygen atoms in total. The molecule has 1 aliphatic heterocycles. The Hall–Kier alpha value is -2.91. The molecule has 0 spiro atoms. The fourth-order valence-electron chi connectivity index (χ4n) is 4.33. The number of benzene rings is 2. The SMILES string of the molecule is CC1Cc2cc(C(=O)N(Cc3nnc(-c4ccc(Cl)cc4)o3)C3CC3)ccc2N1S(C)(=O)=O.